The van der Waals surface area contributed by atoms with E-state index in [1.807, 2.05) is 38.1 Å². The SMILES string of the molecule is C=C(/C=C\c1sc2ccc(C#CC)cc2c1C)[C@]1(C)CC(=O)N(C)/C(=N\COC(=O)c2ccccc2)N1. The van der Waals surface area contributed by atoms with E-state index in [1.165, 1.54) is 20.5 Å². The van der Waals surface area contributed by atoms with Crippen LogP contribution in [0.5, 0.6) is 0 Å². The highest BCUT2D eigenvalue weighted by Crippen LogP contribution is 2.33. The number of aryl methyl sites for hydroxylation is 1. The van der Waals surface area contributed by atoms with Crippen LogP contribution >= 0.6 is 11.3 Å². The molecule has 1 saturated heterocycles. The second-order valence-corrected chi connectivity index (χ2v) is 10.1. The Bertz CT molecular complexity index is 1490. The van der Waals surface area contributed by atoms with Crippen LogP contribution in [0.25, 0.3) is 16.2 Å². The Morgan fingerprint density at radius 1 is 1.30 bits per heavy atom. The first-order valence-electron chi connectivity index (χ1n) is 11.9. The average molecular weight is 512 g/mol. The molecule has 4 rings (SSSR count). The maximum atomic E-state index is 12.8. The van der Waals surface area contributed by atoms with Crippen LogP contribution in [-0.4, -0.2) is 42.1 Å². The number of nitrogens with zero attached hydrogens (tertiary/aromatic N) is 2. The number of aliphatic imine (C=N–C) groups is 1. The summed E-state index contributed by atoms with van der Waals surface area (Å²) in [6, 6.07) is 15.0. The van der Waals surface area contributed by atoms with E-state index in [1.54, 1.807) is 42.6 Å². The number of benzene rings is 2. The summed E-state index contributed by atoms with van der Waals surface area (Å²) in [7, 11) is 1.64. The number of esters is 1. The summed E-state index contributed by atoms with van der Waals surface area (Å²) >= 11 is 1.71. The molecular formula is C30H29N3O3S. The van der Waals surface area contributed by atoms with Crippen LogP contribution in [0.15, 0.2) is 71.8 Å². The fourth-order valence-electron chi connectivity index (χ4n) is 4.04. The summed E-state index contributed by atoms with van der Waals surface area (Å²) < 4.78 is 6.46. The summed E-state index contributed by atoms with van der Waals surface area (Å²) in [5, 5.41) is 4.51. The molecule has 2 aromatic carbocycles. The highest BCUT2D eigenvalue weighted by molar-refractivity contribution is 7.20. The van der Waals surface area contributed by atoms with Gasteiger partial charge in [0.1, 0.15) is 0 Å². The van der Waals surface area contributed by atoms with Crippen LogP contribution in [0, 0.1) is 18.8 Å². The van der Waals surface area contributed by atoms with Crippen molar-refractivity contribution in [3.63, 3.8) is 0 Å². The van der Waals surface area contributed by atoms with Gasteiger partial charge in [-0.15, -0.1) is 17.3 Å². The molecule has 6 nitrogen and oxygen atoms in total. The lowest BCUT2D eigenvalue weighted by molar-refractivity contribution is -0.128. The minimum atomic E-state index is -0.739. The maximum Gasteiger partial charge on any atom is 0.339 e. The number of hydrogen-bond donors (Lipinski definition) is 1. The molecule has 0 unspecified atom stereocenters. The molecule has 1 aromatic heterocycles. The van der Waals surface area contributed by atoms with Crippen molar-refractivity contribution in [1.29, 1.82) is 0 Å². The van der Waals surface area contributed by atoms with Crippen LogP contribution in [0.2, 0.25) is 0 Å². The predicted octanol–water partition coefficient (Wildman–Crippen LogP) is 5.53. The molecule has 1 aliphatic rings. The average Bonchev–Trinajstić information content (AvgIpc) is 3.20. The standard InChI is InChI=1S/C30H29N3O3S/c1-6-10-22-14-16-26-24(17-22)21(3)25(37-26)15-13-20(2)30(4)18-27(34)33(5)29(32-30)31-19-36-28(35)23-11-8-7-9-12-23/h7-9,11-17H,2,18-19H2,1,3-5H3,(H,31,32)/b15-13-/t30-/m0/s1. The van der Waals surface area contributed by atoms with Gasteiger partial charge in [0.05, 0.1) is 17.5 Å². The molecule has 1 atom stereocenters. The molecule has 0 bridgehead atoms. The number of hydrogen-bond acceptors (Lipinski definition) is 5. The Balaban J connectivity index is 1.49. The molecule has 1 amide bonds. The fraction of sp³-hybridized carbons (Fsp3) is 0.233. The first-order chi connectivity index (χ1) is 17.7. The van der Waals surface area contributed by atoms with Crippen molar-refractivity contribution in [3.8, 4) is 11.8 Å². The maximum absolute atomic E-state index is 12.8. The van der Waals surface area contributed by atoms with Gasteiger partial charge in [0.25, 0.3) is 0 Å². The van der Waals surface area contributed by atoms with Gasteiger partial charge in [0.2, 0.25) is 11.9 Å². The summed E-state index contributed by atoms with van der Waals surface area (Å²) in [5.74, 6) is 5.81. The lowest BCUT2D eigenvalue weighted by Crippen LogP contribution is -2.60. The Morgan fingerprint density at radius 2 is 2.05 bits per heavy atom. The molecular weight excluding hydrogens is 482 g/mol. The zero-order chi connectivity index (χ0) is 26.6. The number of carbonyl (C=O) groups excluding carboxylic acids is 2. The smallest absolute Gasteiger partial charge is 0.339 e. The molecule has 188 valence electrons. The number of carbonyl (C=O) groups is 2. The van der Waals surface area contributed by atoms with Gasteiger partial charge in [-0.2, -0.15) is 0 Å². The first-order valence-corrected chi connectivity index (χ1v) is 12.7. The van der Waals surface area contributed by atoms with Crippen LogP contribution in [0.1, 0.15) is 46.6 Å². The van der Waals surface area contributed by atoms with Gasteiger partial charge in [0.15, 0.2) is 6.73 Å². The zero-order valence-electron chi connectivity index (χ0n) is 21.4. The second-order valence-electron chi connectivity index (χ2n) is 9.03. The molecule has 37 heavy (non-hydrogen) atoms. The van der Waals surface area contributed by atoms with E-state index in [-0.39, 0.29) is 19.1 Å². The van der Waals surface area contributed by atoms with Crippen molar-refractivity contribution in [1.82, 2.24) is 10.2 Å². The lowest BCUT2D eigenvalue weighted by atomic mass is 9.86. The van der Waals surface area contributed by atoms with E-state index in [0.29, 0.717) is 11.5 Å². The molecule has 1 N–H and O–H groups in total. The molecule has 1 aliphatic heterocycles. The van der Waals surface area contributed by atoms with Gasteiger partial charge in [-0.3, -0.25) is 9.69 Å². The quantitative estimate of drug-likeness (QED) is 0.268. The monoisotopic (exact) mass is 511 g/mol. The number of ether oxygens (including phenoxy) is 1. The van der Waals surface area contributed by atoms with Crippen LogP contribution < -0.4 is 5.32 Å². The summed E-state index contributed by atoms with van der Waals surface area (Å²) in [6.45, 7) is 9.90. The molecule has 0 radical (unpaired) electrons. The van der Waals surface area contributed by atoms with E-state index in [4.69, 9.17) is 4.74 Å². The Morgan fingerprint density at radius 3 is 2.78 bits per heavy atom. The molecule has 0 aliphatic carbocycles. The van der Waals surface area contributed by atoms with Gasteiger partial charge in [-0.1, -0.05) is 36.8 Å². The second kappa shape index (κ2) is 10.9. The topological polar surface area (TPSA) is 71.0 Å². The van der Waals surface area contributed by atoms with Crippen molar-refractivity contribution in [2.45, 2.75) is 32.7 Å². The third-order valence-electron chi connectivity index (χ3n) is 6.39. The molecule has 7 heteroatoms. The summed E-state index contributed by atoms with van der Waals surface area (Å²) in [5.41, 5.74) is 2.63. The Labute approximate surface area is 221 Å². The van der Waals surface area contributed by atoms with Gasteiger partial charge in [-0.05, 0) is 73.7 Å². The van der Waals surface area contributed by atoms with Crippen molar-refractivity contribution in [2.75, 3.05) is 13.8 Å². The van der Waals surface area contributed by atoms with Gasteiger partial charge in [-0.25, -0.2) is 9.79 Å². The minimum absolute atomic E-state index is 0.105. The molecule has 0 spiro atoms. The van der Waals surface area contributed by atoms with E-state index in [2.05, 4.69) is 47.8 Å². The molecule has 1 fully saturated rings. The van der Waals surface area contributed by atoms with E-state index >= 15 is 0 Å². The van der Waals surface area contributed by atoms with Crippen LogP contribution in [0.4, 0.5) is 0 Å². The van der Waals surface area contributed by atoms with Gasteiger partial charge < -0.3 is 10.1 Å². The minimum Gasteiger partial charge on any atom is -0.439 e. The Kier molecular flexibility index (Phi) is 7.61. The molecule has 2 heterocycles. The van der Waals surface area contributed by atoms with Crippen molar-refractivity contribution in [3.05, 3.63) is 88.3 Å². The highest BCUT2D eigenvalue weighted by Gasteiger charge is 2.38. The summed E-state index contributed by atoms with van der Waals surface area (Å²) in [4.78, 5) is 31.9. The normalized spacial score (nSPS) is 18.5. The third-order valence-corrected chi connectivity index (χ3v) is 7.63. The molecule has 3 aromatic rings. The van der Waals surface area contributed by atoms with Gasteiger partial charge in [0, 0.05) is 22.2 Å². The Hall–Kier alpha value is -4.15. The summed E-state index contributed by atoms with van der Waals surface area (Å²) in [6.07, 6.45) is 4.21. The zero-order valence-corrected chi connectivity index (χ0v) is 22.2. The van der Waals surface area contributed by atoms with Crippen LogP contribution in [0.3, 0.4) is 0 Å². The van der Waals surface area contributed by atoms with Gasteiger partial charge >= 0.3 is 5.97 Å². The highest BCUT2D eigenvalue weighted by atomic mass is 32.1. The number of amides is 1. The fourth-order valence-corrected chi connectivity index (χ4v) is 5.14. The van der Waals surface area contributed by atoms with E-state index < -0.39 is 11.5 Å². The number of rotatable bonds is 6. The van der Waals surface area contributed by atoms with Crippen molar-refractivity contribution < 1.29 is 14.3 Å². The first kappa shape index (κ1) is 25.9. The number of fused-ring (bicyclic) bond motifs is 1. The number of nitrogens with one attached hydrogen (secondary N) is 1. The largest absolute Gasteiger partial charge is 0.439 e. The van der Waals surface area contributed by atoms with Crippen molar-refractivity contribution >= 4 is 45.3 Å². The van der Waals surface area contributed by atoms with Crippen LogP contribution in [-0.2, 0) is 9.53 Å². The molecule has 0 saturated carbocycles. The van der Waals surface area contributed by atoms with Crippen molar-refractivity contribution in [2.24, 2.45) is 4.99 Å². The third kappa shape index (κ3) is 5.65. The lowest BCUT2D eigenvalue weighted by Gasteiger charge is -2.40. The number of guanidine groups is 1. The predicted molar refractivity (Wildman–Crippen MR) is 150 cm³/mol. The number of thiophene rings is 1. The van der Waals surface area contributed by atoms with E-state index in [0.717, 1.165) is 16.0 Å². The van der Waals surface area contributed by atoms with E-state index in [9.17, 15) is 9.59 Å².